The van der Waals surface area contributed by atoms with Crippen LogP contribution in [0.15, 0.2) is 32.8 Å². The number of halogens is 5. The number of benzene rings is 1. The number of esters is 1. The number of hydrogen-bond donors (Lipinski definition) is 0. The first-order chi connectivity index (χ1) is 15.3. The number of methoxy groups -OCH3 is 1. The molecular formula is C18H13ClF4N4O5S. The number of alkyl halides is 3. The first kappa shape index (κ1) is 24.5. The molecule has 1 aromatic heterocycles. The SMILES string of the molecule is COC(=O)CN1C(=O)CS/C1=N\c1cc(-n2c(=O)cc(C(F)(F)F)n(C)c2=O)c(F)cc1Cl. The van der Waals surface area contributed by atoms with Crippen molar-refractivity contribution < 1.29 is 31.9 Å². The zero-order valence-corrected chi connectivity index (χ0v) is 18.3. The Hall–Kier alpha value is -3.13. The molecule has 2 heterocycles. The predicted octanol–water partition coefficient (Wildman–Crippen LogP) is 2.08. The minimum Gasteiger partial charge on any atom is -0.468 e. The van der Waals surface area contributed by atoms with E-state index in [9.17, 15) is 36.7 Å². The molecule has 1 aliphatic heterocycles. The van der Waals surface area contributed by atoms with Gasteiger partial charge < -0.3 is 4.74 Å². The molecule has 9 nitrogen and oxygen atoms in total. The summed E-state index contributed by atoms with van der Waals surface area (Å²) in [5, 5.41) is -0.268. The van der Waals surface area contributed by atoms with E-state index in [2.05, 4.69) is 9.73 Å². The van der Waals surface area contributed by atoms with Crippen molar-refractivity contribution in [3.8, 4) is 5.69 Å². The maximum absolute atomic E-state index is 14.6. The Morgan fingerprint density at radius 3 is 2.52 bits per heavy atom. The molecule has 0 N–H and O–H groups in total. The van der Waals surface area contributed by atoms with E-state index >= 15 is 0 Å². The summed E-state index contributed by atoms with van der Waals surface area (Å²) < 4.78 is 58.7. The molecule has 0 radical (unpaired) electrons. The number of amides is 1. The number of thioether (sulfide) groups is 1. The Morgan fingerprint density at radius 1 is 1.24 bits per heavy atom. The first-order valence-corrected chi connectivity index (χ1v) is 10.2. The van der Waals surface area contributed by atoms with Crippen LogP contribution in [0.4, 0.5) is 23.2 Å². The molecular weight excluding hydrogens is 496 g/mol. The van der Waals surface area contributed by atoms with Crippen LogP contribution in [0, 0.1) is 5.82 Å². The lowest BCUT2D eigenvalue weighted by molar-refractivity contribution is -0.144. The molecule has 1 aromatic carbocycles. The van der Waals surface area contributed by atoms with Crippen molar-refractivity contribution in [1.82, 2.24) is 14.0 Å². The molecule has 0 bridgehead atoms. The minimum atomic E-state index is -4.99. The highest BCUT2D eigenvalue weighted by Crippen LogP contribution is 2.32. The second-order valence-electron chi connectivity index (χ2n) is 6.54. The molecule has 0 unspecified atom stereocenters. The van der Waals surface area contributed by atoms with Crippen LogP contribution in [0.2, 0.25) is 5.02 Å². The average molecular weight is 509 g/mol. The molecule has 0 saturated carbocycles. The summed E-state index contributed by atoms with van der Waals surface area (Å²) in [7, 11) is 1.90. The Morgan fingerprint density at radius 2 is 1.91 bits per heavy atom. The van der Waals surface area contributed by atoms with Gasteiger partial charge in [0.2, 0.25) is 5.91 Å². The molecule has 1 saturated heterocycles. The number of carbonyl (C=O) groups is 2. The van der Waals surface area contributed by atoms with Crippen LogP contribution in [-0.4, -0.2) is 50.5 Å². The second kappa shape index (κ2) is 9.02. The maximum Gasteiger partial charge on any atom is 0.431 e. The van der Waals surface area contributed by atoms with Crippen molar-refractivity contribution in [2.24, 2.45) is 12.0 Å². The van der Waals surface area contributed by atoms with Gasteiger partial charge in [-0.25, -0.2) is 18.7 Å². The van der Waals surface area contributed by atoms with Gasteiger partial charge >= 0.3 is 17.8 Å². The quantitative estimate of drug-likeness (QED) is 0.463. The van der Waals surface area contributed by atoms with Gasteiger partial charge in [0.05, 0.1) is 29.3 Å². The highest BCUT2D eigenvalue weighted by Gasteiger charge is 2.35. The van der Waals surface area contributed by atoms with Crippen molar-refractivity contribution in [3.05, 3.63) is 55.6 Å². The van der Waals surface area contributed by atoms with E-state index in [4.69, 9.17) is 11.6 Å². The fourth-order valence-electron chi connectivity index (χ4n) is 2.84. The van der Waals surface area contributed by atoms with E-state index in [0.717, 1.165) is 36.9 Å². The summed E-state index contributed by atoms with van der Waals surface area (Å²) in [5.41, 5.74) is -5.29. The van der Waals surface area contributed by atoms with E-state index in [1.165, 1.54) is 0 Å². The van der Waals surface area contributed by atoms with Gasteiger partial charge in [0.25, 0.3) is 5.56 Å². The Labute approximate surface area is 191 Å². The lowest BCUT2D eigenvalue weighted by Crippen LogP contribution is -2.41. The van der Waals surface area contributed by atoms with Gasteiger partial charge in [0.1, 0.15) is 18.1 Å². The molecule has 176 valence electrons. The number of amidine groups is 1. The molecule has 0 spiro atoms. The molecule has 1 aliphatic rings. The highest BCUT2D eigenvalue weighted by atomic mass is 35.5. The van der Waals surface area contributed by atoms with Crippen LogP contribution in [0.3, 0.4) is 0 Å². The van der Waals surface area contributed by atoms with Gasteiger partial charge in [-0.1, -0.05) is 23.4 Å². The average Bonchev–Trinajstić information content (AvgIpc) is 3.06. The normalized spacial score (nSPS) is 15.4. The third-order valence-corrected chi connectivity index (χ3v) is 5.72. The molecule has 0 aliphatic carbocycles. The molecule has 2 aromatic rings. The fourth-order valence-corrected chi connectivity index (χ4v) is 3.92. The van der Waals surface area contributed by atoms with E-state index in [0.29, 0.717) is 6.07 Å². The third-order valence-electron chi connectivity index (χ3n) is 4.46. The zero-order valence-electron chi connectivity index (χ0n) is 16.8. The smallest absolute Gasteiger partial charge is 0.431 e. The highest BCUT2D eigenvalue weighted by molar-refractivity contribution is 8.15. The van der Waals surface area contributed by atoms with Gasteiger partial charge in [-0.3, -0.25) is 23.9 Å². The van der Waals surface area contributed by atoms with E-state index < -0.39 is 53.0 Å². The van der Waals surface area contributed by atoms with Crippen LogP contribution in [0.1, 0.15) is 5.69 Å². The van der Waals surface area contributed by atoms with Crippen LogP contribution in [0.5, 0.6) is 0 Å². The summed E-state index contributed by atoms with van der Waals surface area (Å²) in [5.74, 6) is -2.43. The van der Waals surface area contributed by atoms with Gasteiger partial charge in [-0.2, -0.15) is 13.2 Å². The van der Waals surface area contributed by atoms with Crippen LogP contribution in [-0.2, 0) is 27.5 Å². The lowest BCUT2D eigenvalue weighted by atomic mass is 10.2. The molecule has 33 heavy (non-hydrogen) atoms. The first-order valence-electron chi connectivity index (χ1n) is 8.83. The van der Waals surface area contributed by atoms with Crippen molar-refractivity contribution in [1.29, 1.82) is 0 Å². The molecule has 1 amide bonds. The molecule has 1 fully saturated rings. The van der Waals surface area contributed by atoms with Crippen molar-refractivity contribution in [2.75, 3.05) is 19.4 Å². The second-order valence-corrected chi connectivity index (χ2v) is 7.89. The van der Waals surface area contributed by atoms with Crippen LogP contribution >= 0.6 is 23.4 Å². The van der Waals surface area contributed by atoms with Gasteiger partial charge in [0.15, 0.2) is 5.17 Å². The zero-order chi connectivity index (χ0) is 24.7. The molecule has 0 atom stereocenters. The third kappa shape index (κ3) is 4.80. The number of hydrogen-bond acceptors (Lipinski definition) is 7. The van der Waals surface area contributed by atoms with Gasteiger partial charge in [-0.05, 0) is 12.1 Å². The minimum absolute atomic E-state index is 0.0116. The summed E-state index contributed by atoms with van der Waals surface area (Å²) in [6.45, 7) is -0.453. The van der Waals surface area contributed by atoms with Crippen LogP contribution < -0.4 is 11.2 Å². The van der Waals surface area contributed by atoms with E-state index in [1.54, 1.807) is 0 Å². The number of ether oxygens (including phenoxy) is 1. The number of rotatable bonds is 4. The maximum atomic E-state index is 14.6. The molecule has 15 heteroatoms. The standard InChI is InChI=1S/C18H13ClF4N4O5S/c1-25-12(18(21,22)23)5-13(28)27(17(25)31)11-4-10(8(19)3-9(11)20)24-16-26(6-15(30)32-2)14(29)7-33-16/h3-5H,6-7H2,1-2H3/b24-16-. The van der Waals surface area contributed by atoms with Gasteiger partial charge in [-0.15, -0.1) is 0 Å². The predicted molar refractivity (Wildman–Crippen MR) is 111 cm³/mol. The Kier molecular flexibility index (Phi) is 6.70. The number of aromatic nitrogens is 2. The Bertz CT molecular complexity index is 1300. The van der Waals surface area contributed by atoms with Gasteiger partial charge in [0, 0.05) is 13.1 Å². The lowest BCUT2D eigenvalue weighted by Gasteiger charge is -2.16. The number of aliphatic imine (C=N–C) groups is 1. The van der Waals surface area contributed by atoms with E-state index in [-0.39, 0.29) is 36.8 Å². The fraction of sp³-hybridized carbons (Fsp3) is 0.278. The number of carbonyl (C=O) groups excluding carboxylic acids is 2. The largest absolute Gasteiger partial charge is 0.468 e. The van der Waals surface area contributed by atoms with E-state index in [1.807, 2.05) is 0 Å². The van der Waals surface area contributed by atoms with Crippen molar-refractivity contribution in [3.63, 3.8) is 0 Å². The van der Waals surface area contributed by atoms with Crippen LogP contribution in [0.25, 0.3) is 5.69 Å². The Balaban J connectivity index is 2.16. The monoisotopic (exact) mass is 508 g/mol. The molecule has 3 rings (SSSR count). The summed E-state index contributed by atoms with van der Waals surface area (Å²) in [6.07, 6.45) is -4.99. The summed E-state index contributed by atoms with van der Waals surface area (Å²) in [6, 6.07) is 1.75. The van der Waals surface area contributed by atoms with Crippen molar-refractivity contribution in [2.45, 2.75) is 6.18 Å². The number of nitrogens with zero attached hydrogens (tertiary/aromatic N) is 4. The topological polar surface area (TPSA) is 103 Å². The van der Waals surface area contributed by atoms with Crippen molar-refractivity contribution >= 4 is 46.1 Å². The summed E-state index contributed by atoms with van der Waals surface area (Å²) in [4.78, 5) is 53.5. The summed E-state index contributed by atoms with van der Waals surface area (Å²) >= 11 is 6.95.